The summed E-state index contributed by atoms with van der Waals surface area (Å²) in [6, 6.07) is 0.325. The van der Waals surface area contributed by atoms with Crippen LogP contribution in [0.4, 0.5) is 0 Å². The van der Waals surface area contributed by atoms with Crippen LogP contribution in [0, 0.1) is 5.92 Å². The highest BCUT2D eigenvalue weighted by atomic mass is 28.5. The van der Waals surface area contributed by atoms with Gasteiger partial charge in [-0.25, -0.2) is 0 Å². The minimum Gasteiger partial charge on any atom is -0.390 e. The molecule has 2 N–H and O–H groups in total. The van der Waals surface area contributed by atoms with Crippen molar-refractivity contribution in [1.29, 1.82) is 0 Å². The van der Waals surface area contributed by atoms with Gasteiger partial charge in [-0.2, -0.15) is 0 Å². The summed E-state index contributed by atoms with van der Waals surface area (Å²) >= 11 is 0. The molecule has 0 aromatic carbocycles. The third-order valence-corrected chi connectivity index (χ3v) is 13.3. The molecular formula is C19H44O12Si3. The second-order valence-corrected chi connectivity index (χ2v) is 15.9. The molecule has 0 spiro atoms. The van der Waals surface area contributed by atoms with Crippen LogP contribution in [0.5, 0.6) is 0 Å². The first kappa shape index (κ1) is 32.2. The molecule has 0 aliphatic heterocycles. The number of ether oxygens (including phenoxy) is 3. The van der Waals surface area contributed by atoms with Crippen molar-refractivity contribution >= 4 is 26.7 Å². The van der Waals surface area contributed by atoms with Gasteiger partial charge in [0.05, 0.1) is 18.3 Å². The van der Waals surface area contributed by atoms with Crippen LogP contribution in [0.25, 0.3) is 0 Å². The average molecular weight is 549 g/mol. The van der Waals surface area contributed by atoms with E-state index in [0.29, 0.717) is 12.7 Å². The van der Waals surface area contributed by atoms with Gasteiger partial charge >= 0.3 is 26.7 Å². The van der Waals surface area contributed by atoms with E-state index in [2.05, 4.69) is 0 Å². The Balaban J connectivity index is 2.62. The minimum atomic E-state index is -3.74. The van der Waals surface area contributed by atoms with Crippen molar-refractivity contribution in [3.63, 3.8) is 0 Å². The summed E-state index contributed by atoms with van der Waals surface area (Å²) < 4.78 is 54.7. The van der Waals surface area contributed by atoms with E-state index in [4.69, 9.17) is 44.9 Å². The zero-order chi connectivity index (χ0) is 25.8. The smallest absolute Gasteiger partial charge is 0.390 e. The Morgan fingerprint density at radius 1 is 0.794 bits per heavy atom. The second kappa shape index (κ2) is 15.4. The summed E-state index contributed by atoms with van der Waals surface area (Å²) in [6.07, 6.45) is 2.53. The van der Waals surface area contributed by atoms with Crippen LogP contribution in [0.3, 0.4) is 0 Å². The predicted molar refractivity (Wildman–Crippen MR) is 128 cm³/mol. The largest absolute Gasteiger partial charge is 0.671 e. The molecule has 1 rings (SSSR count). The van der Waals surface area contributed by atoms with E-state index in [1.807, 2.05) is 6.92 Å². The van der Waals surface area contributed by atoms with Crippen molar-refractivity contribution in [2.45, 2.75) is 57.0 Å². The highest BCUT2D eigenvalue weighted by Gasteiger charge is 2.53. The molecule has 1 aliphatic rings. The van der Waals surface area contributed by atoms with Crippen molar-refractivity contribution in [2.75, 3.05) is 62.6 Å². The lowest BCUT2D eigenvalue weighted by Crippen LogP contribution is -2.60. The Labute approximate surface area is 206 Å². The zero-order valence-electron chi connectivity index (χ0n) is 21.7. The summed E-state index contributed by atoms with van der Waals surface area (Å²) in [5.74, 6) is 0.207. The molecule has 0 radical (unpaired) electrons. The molecule has 0 aromatic rings. The lowest BCUT2D eigenvalue weighted by atomic mass is 9.85. The van der Waals surface area contributed by atoms with Gasteiger partial charge in [0.25, 0.3) is 0 Å². The fraction of sp³-hybridized carbons (Fsp3) is 1.00. The molecular weight excluding hydrogens is 504 g/mol. The van der Waals surface area contributed by atoms with Crippen LogP contribution in [-0.4, -0.2) is 117 Å². The van der Waals surface area contributed by atoms with E-state index < -0.39 is 26.7 Å². The van der Waals surface area contributed by atoms with Crippen LogP contribution in [0.2, 0.25) is 6.04 Å². The minimum absolute atomic E-state index is 0.108. The lowest BCUT2D eigenvalue weighted by molar-refractivity contribution is -0.119. The first-order valence-electron chi connectivity index (χ1n) is 11.3. The molecule has 0 amide bonds. The van der Waals surface area contributed by atoms with E-state index in [0.717, 1.165) is 25.7 Å². The molecule has 0 saturated heterocycles. The van der Waals surface area contributed by atoms with E-state index in [1.54, 1.807) is 7.11 Å². The molecule has 12 nitrogen and oxygen atoms in total. The zero-order valence-corrected chi connectivity index (χ0v) is 24.7. The van der Waals surface area contributed by atoms with Crippen molar-refractivity contribution in [3.05, 3.63) is 0 Å². The van der Waals surface area contributed by atoms with Gasteiger partial charge in [-0.3, -0.25) is 0 Å². The maximum absolute atomic E-state index is 10.8. The van der Waals surface area contributed by atoms with E-state index in [1.165, 1.54) is 42.7 Å². The summed E-state index contributed by atoms with van der Waals surface area (Å²) in [5, 5.41) is 0. The van der Waals surface area contributed by atoms with Crippen LogP contribution in [-0.2, 0) is 44.9 Å². The lowest BCUT2D eigenvalue weighted by Gasteiger charge is -2.38. The van der Waals surface area contributed by atoms with Gasteiger partial charge in [0.1, 0.15) is 6.23 Å². The quantitative estimate of drug-likeness (QED) is 0.234. The molecule has 1 fully saturated rings. The predicted octanol–water partition coefficient (Wildman–Crippen LogP) is 0.714. The topological polar surface area (TPSA) is 133 Å². The average Bonchev–Trinajstić information content (AvgIpc) is 2.87. The highest BCUT2D eigenvalue weighted by Crippen LogP contribution is 2.31. The van der Waals surface area contributed by atoms with Crippen molar-refractivity contribution < 1.29 is 54.5 Å². The normalized spacial score (nSPS) is 24.7. The second-order valence-electron chi connectivity index (χ2n) is 8.13. The van der Waals surface area contributed by atoms with Crippen molar-refractivity contribution in [1.82, 2.24) is 0 Å². The SMILES string of the molecule is CCC(C[Si](O)(OC)OC)OC1CCC(COC[Si](O)(OC)O[Si](OC)(OC)OC)CC1OC. The maximum atomic E-state index is 10.8. The Morgan fingerprint density at radius 2 is 1.38 bits per heavy atom. The molecule has 34 heavy (non-hydrogen) atoms. The Kier molecular flexibility index (Phi) is 14.6. The third-order valence-electron chi connectivity index (χ3n) is 6.08. The van der Waals surface area contributed by atoms with Crippen LogP contribution >= 0.6 is 0 Å². The molecule has 1 saturated carbocycles. The monoisotopic (exact) mass is 548 g/mol. The summed E-state index contributed by atoms with van der Waals surface area (Å²) in [5.41, 5.74) is 0. The van der Waals surface area contributed by atoms with Gasteiger partial charge in [0.2, 0.25) is 0 Å². The Bertz CT molecular complexity index is 546. The fourth-order valence-electron chi connectivity index (χ4n) is 3.87. The number of hydrogen-bond acceptors (Lipinski definition) is 12. The Morgan fingerprint density at radius 3 is 1.85 bits per heavy atom. The van der Waals surface area contributed by atoms with Crippen molar-refractivity contribution in [3.8, 4) is 0 Å². The molecule has 15 heteroatoms. The van der Waals surface area contributed by atoms with E-state index in [9.17, 15) is 9.59 Å². The highest BCUT2D eigenvalue weighted by molar-refractivity contribution is 6.71. The first-order valence-corrected chi connectivity index (χ1v) is 16.9. The van der Waals surface area contributed by atoms with Gasteiger partial charge in [-0.05, 0) is 31.6 Å². The summed E-state index contributed by atoms with van der Waals surface area (Å²) in [4.78, 5) is 21.2. The standard InChI is InChI=1S/C19H44O12Si3/c1-9-17(14-32(20,23-3)24-4)30-18-11-10-16(12-19(18)22-2)13-29-15-33(21,25-5)31-34(26-6,27-7)28-8/h16-21H,9-15H2,1-8H3. The van der Waals surface area contributed by atoms with Crippen LogP contribution in [0.15, 0.2) is 0 Å². The van der Waals surface area contributed by atoms with Gasteiger partial charge in [-0.15, -0.1) is 0 Å². The van der Waals surface area contributed by atoms with E-state index in [-0.39, 0.29) is 30.5 Å². The van der Waals surface area contributed by atoms with Gasteiger partial charge in [0.15, 0.2) is 0 Å². The fourth-order valence-corrected chi connectivity index (χ4v) is 9.45. The van der Waals surface area contributed by atoms with Crippen LogP contribution in [0.1, 0.15) is 32.6 Å². The first-order chi connectivity index (χ1) is 16.1. The third kappa shape index (κ3) is 9.56. The van der Waals surface area contributed by atoms with E-state index >= 15 is 0 Å². The van der Waals surface area contributed by atoms with Gasteiger partial charge < -0.3 is 54.5 Å². The van der Waals surface area contributed by atoms with Gasteiger partial charge in [0, 0.05) is 62.4 Å². The maximum Gasteiger partial charge on any atom is 0.671 e. The summed E-state index contributed by atoms with van der Waals surface area (Å²) in [6.45, 7) is 2.40. The van der Waals surface area contributed by atoms with Crippen molar-refractivity contribution in [2.24, 2.45) is 5.92 Å². The molecule has 0 bridgehead atoms. The molecule has 0 aromatic heterocycles. The molecule has 0 heterocycles. The Hall–Kier alpha value is 0.171. The molecule has 1 aliphatic carbocycles. The number of hydrogen-bond donors (Lipinski definition) is 2. The molecule has 5 atom stereocenters. The summed E-state index contributed by atoms with van der Waals surface area (Å²) in [7, 11) is -0.406. The number of methoxy groups -OCH3 is 1. The number of rotatable bonds is 18. The van der Waals surface area contributed by atoms with Crippen LogP contribution < -0.4 is 0 Å². The molecule has 5 unspecified atom stereocenters. The van der Waals surface area contributed by atoms with Gasteiger partial charge in [-0.1, -0.05) is 6.92 Å². The molecule has 204 valence electrons.